The summed E-state index contributed by atoms with van der Waals surface area (Å²) >= 11 is 0. The number of rotatable bonds is 14. The lowest BCUT2D eigenvalue weighted by Gasteiger charge is -2.25. The fraction of sp³-hybridized carbons (Fsp3) is 0.389. The van der Waals surface area contributed by atoms with Crippen molar-refractivity contribution in [2.75, 3.05) is 33.0 Å². The molecular formula is C36H41NO7. The van der Waals surface area contributed by atoms with Crippen molar-refractivity contribution in [1.29, 1.82) is 0 Å². The van der Waals surface area contributed by atoms with Crippen LogP contribution < -0.4 is 18.9 Å². The Balaban J connectivity index is 1.43. The molecule has 0 radical (unpaired) electrons. The van der Waals surface area contributed by atoms with Crippen LogP contribution in [0.15, 0.2) is 66.7 Å². The Morgan fingerprint density at radius 2 is 1.45 bits per heavy atom. The summed E-state index contributed by atoms with van der Waals surface area (Å²) in [7, 11) is 0. The van der Waals surface area contributed by atoms with Crippen LogP contribution in [0.1, 0.15) is 63.6 Å². The average Bonchev–Trinajstić information content (AvgIpc) is 3.79. The van der Waals surface area contributed by atoms with Crippen molar-refractivity contribution in [2.45, 2.75) is 53.1 Å². The van der Waals surface area contributed by atoms with Gasteiger partial charge in [0.25, 0.3) is 0 Å². The second kappa shape index (κ2) is 14.4. The summed E-state index contributed by atoms with van der Waals surface area (Å²) in [6, 6.07) is 21.7. The molecule has 0 N–H and O–H groups in total. The normalized spacial score (nSPS) is 15.0. The maximum absolute atomic E-state index is 12.2. The van der Waals surface area contributed by atoms with E-state index in [4.69, 9.17) is 23.7 Å². The van der Waals surface area contributed by atoms with Crippen LogP contribution in [0.2, 0.25) is 0 Å². The second-order valence-corrected chi connectivity index (χ2v) is 11.0. The van der Waals surface area contributed by atoms with Gasteiger partial charge < -0.3 is 28.6 Å². The van der Waals surface area contributed by atoms with Crippen LogP contribution in [0.3, 0.4) is 0 Å². The maximum Gasteiger partial charge on any atom is 0.314 e. The molecular weight excluding hydrogens is 558 g/mol. The van der Waals surface area contributed by atoms with E-state index in [-0.39, 0.29) is 37.4 Å². The molecule has 8 heteroatoms. The van der Waals surface area contributed by atoms with Crippen LogP contribution in [-0.4, -0.2) is 56.0 Å². The van der Waals surface area contributed by atoms with Gasteiger partial charge in [0.15, 0.2) is 11.5 Å². The Labute approximate surface area is 259 Å². The van der Waals surface area contributed by atoms with Crippen molar-refractivity contribution in [3.05, 3.63) is 83.4 Å². The minimum Gasteiger partial charge on any atom is -0.490 e. The first kappa shape index (κ1) is 31.1. The van der Waals surface area contributed by atoms with Gasteiger partial charge in [0.05, 0.1) is 5.92 Å². The number of carbonyl (C=O) groups is 2. The summed E-state index contributed by atoms with van der Waals surface area (Å²) in [5.41, 5.74) is 5.23. The molecule has 3 aromatic rings. The number of allylic oxidation sites excluding steroid dienone is 1. The zero-order valence-corrected chi connectivity index (χ0v) is 26.0. The summed E-state index contributed by atoms with van der Waals surface area (Å²) < 4.78 is 28.5. The molecule has 0 saturated heterocycles. The number of benzene rings is 3. The van der Waals surface area contributed by atoms with E-state index in [1.165, 1.54) is 6.92 Å². The lowest BCUT2D eigenvalue weighted by molar-refractivity contribution is -0.148. The highest BCUT2D eigenvalue weighted by molar-refractivity contribution is 5.99. The third-order valence-electron chi connectivity index (χ3n) is 7.92. The molecule has 0 aromatic heterocycles. The van der Waals surface area contributed by atoms with Crippen LogP contribution in [0.25, 0.3) is 11.1 Å². The Morgan fingerprint density at radius 1 is 0.841 bits per heavy atom. The minimum atomic E-state index is -0.368. The van der Waals surface area contributed by atoms with E-state index in [1.54, 1.807) is 0 Å². The number of carbonyl (C=O) groups excluding carboxylic acids is 2. The smallest absolute Gasteiger partial charge is 0.314 e. The lowest BCUT2D eigenvalue weighted by atomic mass is 9.88. The molecule has 1 aliphatic heterocycles. The van der Waals surface area contributed by atoms with E-state index >= 15 is 0 Å². The molecule has 2 aliphatic rings. The summed E-state index contributed by atoms with van der Waals surface area (Å²) in [6.45, 7) is 10.5. The second-order valence-electron chi connectivity index (χ2n) is 11.0. The van der Waals surface area contributed by atoms with Crippen LogP contribution in [-0.2, 0) is 14.3 Å². The molecule has 1 heterocycles. The Kier molecular flexibility index (Phi) is 10.2. The van der Waals surface area contributed by atoms with Crippen LogP contribution in [0.5, 0.6) is 23.0 Å². The van der Waals surface area contributed by atoms with Gasteiger partial charge >= 0.3 is 11.9 Å². The van der Waals surface area contributed by atoms with Crippen molar-refractivity contribution in [2.24, 2.45) is 5.92 Å². The van der Waals surface area contributed by atoms with Crippen LogP contribution in [0, 0.1) is 5.92 Å². The number of fused-ring (bicyclic) bond motifs is 1. The molecule has 0 amide bonds. The first-order valence-electron chi connectivity index (χ1n) is 15.5. The average molecular weight is 600 g/mol. The van der Waals surface area contributed by atoms with Crippen molar-refractivity contribution in [3.63, 3.8) is 0 Å². The highest BCUT2D eigenvalue weighted by Gasteiger charge is 2.31. The number of hydrogen-bond donors (Lipinski definition) is 0. The fourth-order valence-electron chi connectivity index (χ4n) is 5.37. The van der Waals surface area contributed by atoms with Gasteiger partial charge in [0.1, 0.15) is 24.2 Å². The summed E-state index contributed by atoms with van der Waals surface area (Å²) in [5, 5.41) is 0. The molecule has 1 fully saturated rings. The molecule has 3 aromatic carbocycles. The first-order chi connectivity index (χ1) is 21.4. The maximum atomic E-state index is 12.2. The van der Waals surface area contributed by atoms with Crippen LogP contribution in [0.4, 0.5) is 0 Å². The summed E-state index contributed by atoms with van der Waals surface area (Å²) in [5.74, 6) is 2.25. The number of likely N-dealkylation sites (N-methyl/N-ethyl adjacent to an activating group) is 1. The molecule has 1 unspecified atom stereocenters. The summed E-state index contributed by atoms with van der Waals surface area (Å²) in [4.78, 5) is 26.1. The zero-order valence-electron chi connectivity index (χ0n) is 26.0. The number of hydrogen-bond acceptors (Lipinski definition) is 8. The minimum absolute atomic E-state index is 0.0325. The number of ether oxygens (including phenoxy) is 5. The molecule has 1 aliphatic carbocycles. The van der Waals surface area contributed by atoms with Gasteiger partial charge in [-0.05, 0) is 96.6 Å². The molecule has 5 rings (SSSR count). The third kappa shape index (κ3) is 7.80. The van der Waals surface area contributed by atoms with Gasteiger partial charge in [0.2, 0.25) is 6.79 Å². The predicted molar refractivity (Wildman–Crippen MR) is 169 cm³/mol. The monoisotopic (exact) mass is 599 g/mol. The third-order valence-corrected chi connectivity index (χ3v) is 7.92. The first-order valence-corrected chi connectivity index (χ1v) is 15.5. The summed E-state index contributed by atoms with van der Waals surface area (Å²) in [6.07, 6.45) is 2.20. The van der Waals surface area contributed by atoms with Crippen molar-refractivity contribution < 1.29 is 33.3 Å². The molecule has 232 valence electrons. The van der Waals surface area contributed by atoms with Crippen molar-refractivity contribution >= 4 is 23.1 Å². The predicted octanol–water partition coefficient (Wildman–Crippen LogP) is 6.75. The van der Waals surface area contributed by atoms with E-state index in [9.17, 15) is 9.59 Å². The van der Waals surface area contributed by atoms with Gasteiger partial charge in [-0.2, -0.15) is 0 Å². The van der Waals surface area contributed by atoms with E-state index in [0.717, 1.165) is 71.7 Å². The van der Waals surface area contributed by atoms with Gasteiger partial charge in [-0.25, -0.2) is 0 Å². The molecule has 8 nitrogen and oxygen atoms in total. The van der Waals surface area contributed by atoms with E-state index < -0.39 is 0 Å². The molecule has 1 saturated carbocycles. The highest BCUT2D eigenvalue weighted by Crippen LogP contribution is 2.40. The highest BCUT2D eigenvalue weighted by atomic mass is 16.7. The Bertz CT molecular complexity index is 1470. The zero-order chi connectivity index (χ0) is 31.1. The Hall–Kier alpha value is -4.30. The van der Waals surface area contributed by atoms with Crippen molar-refractivity contribution in [3.8, 4) is 23.0 Å². The molecule has 0 bridgehead atoms. The standard InChI is InChI=1S/C36H41NO7/c1-5-32(28-14-19-33-34(20-28)42-23-41-33)35(26-12-17-30(18-13-26)44-36(39)27-8-9-27)25-10-15-29(16-11-25)40-22-31(43-24(4)38)21-37(6-2)7-3/h10-20,27,31H,5-9,21-23H2,1-4H3. The Morgan fingerprint density at radius 3 is 2.05 bits per heavy atom. The van der Waals surface area contributed by atoms with E-state index in [2.05, 4.69) is 31.7 Å². The SMILES string of the molecule is CCC(=C(c1ccc(OCC(CN(CC)CC)OC(C)=O)cc1)c1ccc(OC(=O)C2CC2)cc1)c1ccc2c(c1)OCO2. The van der Waals surface area contributed by atoms with Gasteiger partial charge in [0, 0.05) is 13.5 Å². The van der Waals surface area contributed by atoms with Gasteiger partial charge in [-0.15, -0.1) is 0 Å². The van der Waals surface area contributed by atoms with Gasteiger partial charge in [-0.1, -0.05) is 51.1 Å². The number of esters is 2. The van der Waals surface area contributed by atoms with E-state index in [0.29, 0.717) is 18.0 Å². The van der Waals surface area contributed by atoms with Crippen molar-refractivity contribution in [1.82, 2.24) is 4.90 Å². The van der Waals surface area contributed by atoms with Crippen LogP contribution >= 0.6 is 0 Å². The lowest BCUT2D eigenvalue weighted by Crippen LogP contribution is -2.38. The molecule has 1 atom stereocenters. The van der Waals surface area contributed by atoms with Gasteiger partial charge in [-0.3, -0.25) is 9.59 Å². The largest absolute Gasteiger partial charge is 0.490 e. The topological polar surface area (TPSA) is 83.5 Å². The number of nitrogens with zero attached hydrogens (tertiary/aromatic N) is 1. The van der Waals surface area contributed by atoms with E-state index in [1.807, 2.05) is 60.7 Å². The molecule has 0 spiro atoms. The quantitative estimate of drug-likeness (QED) is 0.114. The fourth-order valence-corrected chi connectivity index (χ4v) is 5.37. The molecule has 44 heavy (non-hydrogen) atoms.